The molecule has 2 heterocycles. The average molecular weight is 249 g/mol. The molecule has 0 aromatic carbocycles. The summed E-state index contributed by atoms with van der Waals surface area (Å²) in [6.45, 7) is 6.16. The van der Waals surface area contributed by atoms with E-state index in [1.165, 1.54) is 0 Å². The third kappa shape index (κ3) is 3.51. The SMILES string of the molecule is CC(CNC(=O)c1ccccn1)N1CCOCC1. The molecule has 1 atom stereocenters. The largest absolute Gasteiger partial charge is 0.379 e. The molecule has 1 aromatic heterocycles. The highest BCUT2D eigenvalue weighted by Gasteiger charge is 2.17. The predicted octanol–water partition coefficient (Wildman–Crippen LogP) is 0.532. The third-order valence-electron chi connectivity index (χ3n) is 3.12. The molecule has 1 aliphatic rings. The van der Waals surface area contributed by atoms with E-state index in [-0.39, 0.29) is 5.91 Å². The van der Waals surface area contributed by atoms with Crippen molar-refractivity contribution in [2.24, 2.45) is 0 Å². The summed E-state index contributed by atoms with van der Waals surface area (Å²) in [5.41, 5.74) is 0.465. The fourth-order valence-corrected chi connectivity index (χ4v) is 1.98. The van der Waals surface area contributed by atoms with Gasteiger partial charge in [-0.3, -0.25) is 14.7 Å². The number of aromatic nitrogens is 1. The van der Waals surface area contributed by atoms with Crippen molar-refractivity contribution < 1.29 is 9.53 Å². The predicted molar refractivity (Wildman–Crippen MR) is 68.4 cm³/mol. The van der Waals surface area contributed by atoms with Gasteiger partial charge in [0.1, 0.15) is 5.69 Å². The molecule has 5 heteroatoms. The molecule has 1 unspecified atom stereocenters. The van der Waals surface area contributed by atoms with Gasteiger partial charge in [0.2, 0.25) is 0 Å². The van der Waals surface area contributed by atoms with Crippen molar-refractivity contribution >= 4 is 5.91 Å². The molecule has 0 saturated carbocycles. The van der Waals surface area contributed by atoms with Gasteiger partial charge in [-0.15, -0.1) is 0 Å². The molecule has 1 saturated heterocycles. The number of hydrogen-bond donors (Lipinski definition) is 1. The molecule has 0 aliphatic carbocycles. The van der Waals surface area contributed by atoms with Crippen LogP contribution in [0.3, 0.4) is 0 Å². The zero-order valence-corrected chi connectivity index (χ0v) is 10.6. The molecule has 18 heavy (non-hydrogen) atoms. The van der Waals surface area contributed by atoms with Crippen molar-refractivity contribution in [1.82, 2.24) is 15.2 Å². The second kappa shape index (κ2) is 6.47. The Bertz CT molecular complexity index is 377. The van der Waals surface area contributed by atoms with Crippen LogP contribution < -0.4 is 5.32 Å². The normalized spacial score (nSPS) is 18.3. The van der Waals surface area contributed by atoms with Crippen molar-refractivity contribution in [3.05, 3.63) is 30.1 Å². The summed E-state index contributed by atoms with van der Waals surface area (Å²) in [5.74, 6) is -0.115. The first-order valence-electron chi connectivity index (χ1n) is 6.28. The van der Waals surface area contributed by atoms with Crippen LogP contribution in [0.5, 0.6) is 0 Å². The summed E-state index contributed by atoms with van der Waals surface area (Å²) in [6, 6.07) is 5.65. The Labute approximate surface area is 107 Å². The Morgan fingerprint density at radius 2 is 2.28 bits per heavy atom. The van der Waals surface area contributed by atoms with Crippen LogP contribution in [-0.2, 0) is 4.74 Å². The number of carbonyl (C=O) groups is 1. The number of amides is 1. The summed E-state index contributed by atoms with van der Waals surface area (Å²) in [5, 5.41) is 2.91. The van der Waals surface area contributed by atoms with Crippen molar-refractivity contribution in [2.45, 2.75) is 13.0 Å². The average Bonchev–Trinajstić information content (AvgIpc) is 2.46. The highest BCUT2D eigenvalue weighted by Crippen LogP contribution is 2.03. The highest BCUT2D eigenvalue weighted by atomic mass is 16.5. The van der Waals surface area contributed by atoms with Crippen LogP contribution in [0.4, 0.5) is 0 Å². The molecule has 0 spiro atoms. The van der Waals surface area contributed by atoms with Gasteiger partial charge in [-0.05, 0) is 19.1 Å². The highest BCUT2D eigenvalue weighted by molar-refractivity contribution is 5.92. The molecular formula is C13H19N3O2. The first-order valence-corrected chi connectivity index (χ1v) is 6.28. The van der Waals surface area contributed by atoms with Crippen molar-refractivity contribution in [2.75, 3.05) is 32.8 Å². The smallest absolute Gasteiger partial charge is 0.269 e. The molecule has 1 aliphatic heterocycles. The topological polar surface area (TPSA) is 54.5 Å². The number of rotatable bonds is 4. The van der Waals surface area contributed by atoms with Crippen LogP contribution in [-0.4, -0.2) is 54.7 Å². The monoisotopic (exact) mass is 249 g/mol. The Hall–Kier alpha value is -1.46. The van der Waals surface area contributed by atoms with E-state index >= 15 is 0 Å². The summed E-state index contributed by atoms with van der Waals surface area (Å²) < 4.78 is 5.31. The first-order chi connectivity index (χ1) is 8.77. The first kappa shape index (κ1) is 13.0. The molecule has 0 bridgehead atoms. The minimum Gasteiger partial charge on any atom is -0.379 e. The molecule has 1 aromatic rings. The maximum atomic E-state index is 11.8. The Kier molecular flexibility index (Phi) is 4.66. The van der Waals surface area contributed by atoms with E-state index in [4.69, 9.17) is 4.74 Å². The van der Waals surface area contributed by atoms with E-state index in [0.717, 1.165) is 26.3 Å². The summed E-state index contributed by atoms with van der Waals surface area (Å²) in [7, 11) is 0. The second-order valence-corrected chi connectivity index (χ2v) is 4.42. The van der Waals surface area contributed by atoms with Crippen LogP contribution in [0.2, 0.25) is 0 Å². The van der Waals surface area contributed by atoms with Gasteiger partial charge in [0.05, 0.1) is 13.2 Å². The standard InChI is InChI=1S/C13H19N3O2/c1-11(16-6-8-18-9-7-16)10-15-13(17)12-4-2-3-5-14-12/h2-5,11H,6-10H2,1H3,(H,15,17). The van der Waals surface area contributed by atoms with E-state index in [2.05, 4.69) is 22.1 Å². The maximum absolute atomic E-state index is 11.8. The zero-order chi connectivity index (χ0) is 12.8. The number of hydrogen-bond acceptors (Lipinski definition) is 4. The van der Waals surface area contributed by atoms with E-state index in [1.807, 2.05) is 6.07 Å². The quantitative estimate of drug-likeness (QED) is 0.846. The second-order valence-electron chi connectivity index (χ2n) is 4.42. The summed E-state index contributed by atoms with van der Waals surface area (Å²) >= 11 is 0. The molecule has 98 valence electrons. The van der Waals surface area contributed by atoms with E-state index < -0.39 is 0 Å². The number of nitrogens with zero attached hydrogens (tertiary/aromatic N) is 2. The van der Waals surface area contributed by atoms with Gasteiger partial charge in [0.25, 0.3) is 5.91 Å². The lowest BCUT2D eigenvalue weighted by Crippen LogP contribution is -2.47. The molecule has 1 amide bonds. The Morgan fingerprint density at radius 3 is 2.94 bits per heavy atom. The fourth-order valence-electron chi connectivity index (χ4n) is 1.98. The molecule has 0 radical (unpaired) electrons. The third-order valence-corrected chi connectivity index (χ3v) is 3.12. The Morgan fingerprint density at radius 1 is 1.50 bits per heavy atom. The molecule has 5 nitrogen and oxygen atoms in total. The van der Waals surface area contributed by atoms with E-state index in [0.29, 0.717) is 18.3 Å². The van der Waals surface area contributed by atoms with Crippen LogP contribution in [0.1, 0.15) is 17.4 Å². The van der Waals surface area contributed by atoms with Gasteiger partial charge in [-0.25, -0.2) is 0 Å². The number of carbonyl (C=O) groups excluding carboxylic acids is 1. The Balaban J connectivity index is 1.78. The van der Waals surface area contributed by atoms with Crippen LogP contribution in [0.25, 0.3) is 0 Å². The number of pyridine rings is 1. The lowest BCUT2D eigenvalue weighted by Gasteiger charge is -2.32. The molecule has 1 fully saturated rings. The van der Waals surface area contributed by atoms with Gasteiger partial charge >= 0.3 is 0 Å². The fraction of sp³-hybridized carbons (Fsp3) is 0.538. The van der Waals surface area contributed by atoms with Crippen molar-refractivity contribution in [1.29, 1.82) is 0 Å². The lowest BCUT2D eigenvalue weighted by atomic mass is 10.2. The number of ether oxygens (including phenoxy) is 1. The lowest BCUT2D eigenvalue weighted by molar-refractivity contribution is 0.0204. The van der Waals surface area contributed by atoms with E-state index in [1.54, 1.807) is 18.3 Å². The van der Waals surface area contributed by atoms with Crippen molar-refractivity contribution in [3.63, 3.8) is 0 Å². The van der Waals surface area contributed by atoms with Crippen LogP contribution >= 0.6 is 0 Å². The van der Waals surface area contributed by atoms with Gasteiger partial charge < -0.3 is 10.1 Å². The summed E-state index contributed by atoms with van der Waals surface area (Å²) in [4.78, 5) is 18.2. The van der Waals surface area contributed by atoms with Gasteiger partial charge in [0.15, 0.2) is 0 Å². The number of morpholine rings is 1. The zero-order valence-electron chi connectivity index (χ0n) is 10.6. The van der Waals surface area contributed by atoms with E-state index in [9.17, 15) is 4.79 Å². The van der Waals surface area contributed by atoms with Gasteiger partial charge in [0, 0.05) is 31.9 Å². The maximum Gasteiger partial charge on any atom is 0.269 e. The number of nitrogens with one attached hydrogen (secondary N) is 1. The van der Waals surface area contributed by atoms with Crippen LogP contribution in [0, 0.1) is 0 Å². The van der Waals surface area contributed by atoms with Crippen LogP contribution in [0.15, 0.2) is 24.4 Å². The van der Waals surface area contributed by atoms with Crippen molar-refractivity contribution in [3.8, 4) is 0 Å². The molecule has 1 N–H and O–H groups in total. The minimum atomic E-state index is -0.115. The van der Waals surface area contributed by atoms with Gasteiger partial charge in [-0.1, -0.05) is 6.07 Å². The molecular weight excluding hydrogens is 230 g/mol. The van der Waals surface area contributed by atoms with Gasteiger partial charge in [-0.2, -0.15) is 0 Å². The minimum absolute atomic E-state index is 0.115. The summed E-state index contributed by atoms with van der Waals surface area (Å²) in [6.07, 6.45) is 1.63. The molecule has 2 rings (SSSR count).